The van der Waals surface area contributed by atoms with Crippen molar-refractivity contribution in [2.45, 2.75) is 57.6 Å². The highest BCUT2D eigenvalue weighted by molar-refractivity contribution is 9.10. The van der Waals surface area contributed by atoms with Gasteiger partial charge in [0.2, 0.25) is 0 Å². The van der Waals surface area contributed by atoms with Crippen LogP contribution < -0.4 is 5.32 Å². The van der Waals surface area contributed by atoms with Gasteiger partial charge in [-0.3, -0.25) is 0 Å². The molecule has 1 heterocycles. The van der Waals surface area contributed by atoms with Crippen LogP contribution in [0.4, 0.5) is 19.0 Å². The normalized spacial score (nSPS) is 16.5. The van der Waals surface area contributed by atoms with Gasteiger partial charge in [0, 0.05) is 15.4 Å². The van der Waals surface area contributed by atoms with Gasteiger partial charge in [-0.25, -0.2) is 14.4 Å². The van der Waals surface area contributed by atoms with E-state index in [0.717, 1.165) is 47.6 Å². The second-order valence-electron chi connectivity index (χ2n) is 8.77. The number of aryl methyl sites for hydroxylation is 2. The fourth-order valence-corrected chi connectivity index (χ4v) is 5.01. The number of aliphatic hydroxyl groups excluding tert-OH is 1. The summed E-state index contributed by atoms with van der Waals surface area (Å²) in [7, 11) is 0. The lowest BCUT2D eigenvalue weighted by atomic mass is 9.90. The quantitative estimate of drug-likeness (QED) is 0.406. The molecule has 3 aromatic rings. The SMILES string of the molecule is Cc1nc(NC(C)c2cccc(C(F)(F)C(C)(O)CO)c2F)c2cc(Br)c3c(c2n1)CCC3. The Morgan fingerprint density at radius 2 is 1.91 bits per heavy atom. The highest BCUT2D eigenvalue weighted by Crippen LogP contribution is 2.42. The Morgan fingerprint density at radius 1 is 1.21 bits per heavy atom. The first-order chi connectivity index (χ1) is 15.5. The van der Waals surface area contributed by atoms with Crippen LogP contribution in [0.1, 0.15) is 54.4 Å². The minimum absolute atomic E-state index is 0.00874. The lowest BCUT2D eigenvalue weighted by molar-refractivity contribution is -0.197. The van der Waals surface area contributed by atoms with E-state index in [1.165, 1.54) is 23.3 Å². The maximum atomic E-state index is 15.3. The Morgan fingerprint density at radius 3 is 2.61 bits per heavy atom. The topological polar surface area (TPSA) is 78.3 Å². The van der Waals surface area contributed by atoms with E-state index in [4.69, 9.17) is 0 Å². The molecule has 0 radical (unpaired) electrons. The Labute approximate surface area is 198 Å². The van der Waals surface area contributed by atoms with Gasteiger partial charge in [-0.1, -0.05) is 28.1 Å². The Hall–Kier alpha value is -2.23. The zero-order valence-corrected chi connectivity index (χ0v) is 20.1. The summed E-state index contributed by atoms with van der Waals surface area (Å²) in [6, 6.07) is 4.85. The molecule has 9 heteroatoms. The van der Waals surface area contributed by atoms with Gasteiger partial charge in [-0.2, -0.15) is 8.78 Å². The third kappa shape index (κ3) is 4.00. The van der Waals surface area contributed by atoms with Gasteiger partial charge in [0.15, 0.2) is 5.60 Å². The summed E-state index contributed by atoms with van der Waals surface area (Å²) < 4.78 is 45.8. The van der Waals surface area contributed by atoms with E-state index in [1.54, 1.807) is 13.8 Å². The van der Waals surface area contributed by atoms with Crippen LogP contribution in [-0.2, 0) is 18.8 Å². The second kappa shape index (κ2) is 8.52. The van der Waals surface area contributed by atoms with Gasteiger partial charge in [-0.05, 0) is 63.3 Å². The van der Waals surface area contributed by atoms with Gasteiger partial charge in [0.05, 0.1) is 23.7 Å². The van der Waals surface area contributed by atoms with Gasteiger partial charge in [-0.15, -0.1) is 0 Å². The summed E-state index contributed by atoms with van der Waals surface area (Å²) in [5.41, 5.74) is -0.554. The Kier molecular flexibility index (Phi) is 6.18. The maximum Gasteiger partial charge on any atom is 0.306 e. The monoisotopic (exact) mass is 523 g/mol. The number of hydrogen-bond donors (Lipinski definition) is 3. The molecular weight excluding hydrogens is 499 g/mol. The Bertz CT molecular complexity index is 1230. The van der Waals surface area contributed by atoms with Crippen LogP contribution in [0.5, 0.6) is 0 Å². The van der Waals surface area contributed by atoms with Crippen LogP contribution in [0.15, 0.2) is 28.7 Å². The molecule has 1 aromatic heterocycles. The van der Waals surface area contributed by atoms with Crippen molar-refractivity contribution in [1.29, 1.82) is 0 Å². The van der Waals surface area contributed by atoms with E-state index in [1.807, 2.05) is 6.07 Å². The van der Waals surface area contributed by atoms with Crippen molar-refractivity contribution in [2.75, 3.05) is 11.9 Å². The minimum atomic E-state index is -3.99. The summed E-state index contributed by atoms with van der Waals surface area (Å²) in [5, 5.41) is 23.1. The van der Waals surface area contributed by atoms with Gasteiger partial charge in [0.1, 0.15) is 17.5 Å². The molecule has 176 valence electrons. The van der Waals surface area contributed by atoms with Crippen LogP contribution in [-0.4, -0.2) is 32.4 Å². The number of halogens is 4. The molecule has 2 unspecified atom stereocenters. The molecule has 4 rings (SSSR count). The van der Waals surface area contributed by atoms with Crippen molar-refractivity contribution in [2.24, 2.45) is 0 Å². The smallest absolute Gasteiger partial charge is 0.306 e. The molecule has 2 aromatic carbocycles. The van der Waals surface area contributed by atoms with E-state index < -0.39 is 35.6 Å². The van der Waals surface area contributed by atoms with E-state index in [2.05, 4.69) is 31.2 Å². The first-order valence-corrected chi connectivity index (χ1v) is 11.5. The highest BCUT2D eigenvalue weighted by atomic mass is 79.9. The van der Waals surface area contributed by atoms with E-state index in [0.29, 0.717) is 11.6 Å². The van der Waals surface area contributed by atoms with E-state index >= 15 is 4.39 Å². The summed E-state index contributed by atoms with van der Waals surface area (Å²) in [6.45, 7) is 2.98. The summed E-state index contributed by atoms with van der Waals surface area (Å²) in [6.07, 6.45) is 2.92. The zero-order chi connectivity index (χ0) is 24.1. The summed E-state index contributed by atoms with van der Waals surface area (Å²) >= 11 is 3.63. The molecule has 1 aliphatic rings. The summed E-state index contributed by atoms with van der Waals surface area (Å²) in [5.74, 6) is -4.10. The van der Waals surface area contributed by atoms with E-state index in [9.17, 15) is 19.0 Å². The van der Waals surface area contributed by atoms with Gasteiger partial charge >= 0.3 is 5.92 Å². The van der Waals surface area contributed by atoms with Crippen molar-refractivity contribution in [3.8, 4) is 0 Å². The number of nitrogens with one attached hydrogen (secondary N) is 1. The molecule has 0 fully saturated rings. The number of aromatic nitrogens is 2. The molecular formula is C24H25BrF3N3O2. The Balaban J connectivity index is 1.76. The average Bonchev–Trinajstić information content (AvgIpc) is 3.25. The number of fused-ring (bicyclic) bond motifs is 3. The van der Waals surface area contributed by atoms with Crippen LogP contribution in [0.3, 0.4) is 0 Å². The van der Waals surface area contributed by atoms with Gasteiger partial charge < -0.3 is 15.5 Å². The highest BCUT2D eigenvalue weighted by Gasteiger charge is 2.52. The number of rotatable bonds is 6. The fourth-order valence-electron chi connectivity index (χ4n) is 4.34. The predicted molar refractivity (Wildman–Crippen MR) is 124 cm³/mol. The standard InChI is InChI=1S/C24H25BrF3N3O2/c1-12(14-6-5-9-18(20(14)26)24(27,28)23(3,33)11-32)29-22-17-10-19(25)15-7-4-8-16(15)21(17)30-13(2)31-22/h5-6,9-10,12,32-33H,4,7-8,11H2,1-3H3,(H,29,30,31). The molecule has 0 saturated carbocycles. The van der Waals surface area contributed by atoms with Crippen molar-refractivity contribution in [1.82, 2.24) is 9.97 Å². The molecule has 0 spiro atoms. The molecule has 3 N–H and O–H groups in total. The van der Waals surface area contributed by atoms with Gasteiger partial charge in [0.25, 0.3) is 0 Å². The van der Waals surface area contributed by atoms with Crippen molar-refractivity contribution in [3.63, 3.8) is 0 Å². The fraction of sp³-hybridized carbons (Fsp3) is 0.417. The third-order valence-electron chi connectivity index (χ3n) is 6.29. The lowest BCUT2D eigenvalue weighted by Crippen LogP contribution is -2.47. The number of hydrogen-bond acceptors (Lipinski definition) is 5. The molecule has 5 nitrogen and oxygen atoms in total. The van der Waals surface area contributed by atoms with Crippen LogP contribution in [0.2, 0.25) is 0 Å². The number of nitrogens with zero attached hydrogens (tertiary/aromatic N) is 2. The predicted octanol–water partition coefficient (Wildman–Crippen LogP) is 5.34. The number of anilines is 1. The van der Waals surface area contributed by atoms with Crippen molar-refractivity contribution in [3.05, 3.63) is 62.6 Å². The first-order valence-electron chi connectivity index (χ1n) is 10.7. The largest absolute Gasteiger partial charge is 0.393 e. The number of alkyl halides is 2. The molecule has 0 aliphatic heterocycles. The molecule has 2 atom stereocenters. The lowest BCUT2D eigenvalue weighted by Gasteiger charge is -2.32. The zero-order valence-electron chi connectivity index (χ0n) is 18.5. The summed E-state index contributed by atoms with van der Waals surface area (Å²) in [4.78, 5) is 9.13. The number of benzene rings is 2. The van der Waals surface area contributed by atoms with Crippen LogP contribution >= 0.6 is 15.9 Å². The van der Waals surface area contributed by atoms with Crippen LogP contribution in [0.25, 0.3) is 10.9 Å². The molecule has 1 aliphatic carbocycles. The van der Waals surface area contributed by atoms with E-state index in [-0.39, 0.29) is 5.56 Å². The molecule has 0 amide bonds. The molecule has 0 saturated heterocycles. The third-order valence-corrected chi connectivity index (χ3v) is 7.00. The second-order valence-corrected chi connectivity index (χ2v) is 9.62. The molecule has 0 bridgehead atoms. The van der Waals surface area contributed by atoms with Crippen molar-refractivity contribution >= 4 is 32.7 Å². The maximum absolute atomic E-state index is 15.3. The van der Waals surface area contributed by atoms with Crippen molar-refractivity contribution < 1.29 is 23.4 Å². The molecule has 33 heavy (non-hydrogen) atoms. The average molecular weight is 524 g/mol. The first kappa shape index (κ1) is 23.9. The number of aliphatic hydroxyl groups is 2. The minimum Gasteiger partial charge on any atom is -0.393 e. The van der Waals surface area contributed by atoms with Crippen LogP contribution in [0, 0.1) is 12.7 Å².